The van der Waals surface area contributed by atoms with Crippen LogP contribution >= 0.6 is 0 Å². The Morgan fingerprint density at radius 1 is 0.964 bits per heavy atom. The Hall–Kier alpha value is -2.70. The standard InChI is InChI=1S/C44H69NO10/c1-10-14-33-22-27(2)21-28(3)23-37(52-8)40-38(53-9)25-31(6)44(50,55-40)41(47)42(48)45-20-12-11-17-35(45)43(49)54-39(29(4)18-19-36(33)46)30(5)24-32-15-13-16-34(26-32)51-7/h10,22,24,28-29,31-35,37-40,50H,1,11-21,23,25-26H2,2-9H3/b27-22+,30-24+/t28-,29+,31+,32-,33+,34-,35-,37-,38-,39-,40+,44+/m0/s1. The lowest BCUT2D eigenvalue weighted by atomic mass is 9.82. The third-order valence-corrected chi connectivity index (χ3v) is 12.6. The molecule has 2 saturated heterocycles. The van der Waals surface area contributed by atoms with E-state index in [0.717, 1.165) is 36.8 Å². The highest BCUT2D eigenvalue weighted by Gasteiger charge is 2.56. The van der Waals surface area contributed by atoms with Crippen LogP contribution in [0.15, 0.2) is 36.0 Å². The Bertz CT molecular complexity index is 1410. The van der Waals surface area contributed by atoms with E-state index in [0.29, 0.717) is 51.4 Å². The van der Waals surface area contributed by atoms with Crippen molar-refractivity contribution in [3.8, 4) is 0 Å². The zero-order valence-electron chi connectivity index (χ0n) is 34.8. The van der Waals surface area contributed by atoms with Gasteiger partial charge in [0.25, 0.3) is 11.7 Å². The molecule has 11 heteroatoms. The average Bonchev–Trinajstić information content (AvgIpc) is 3.17. The van der Waals surface area contributed by atoms with Gasteiger partial charge in [0.2, 0.25) is 5.79 Å². The molecule has 1 saturated carbocycles. The number of ether oxygens (including phenoxy) is 5. The molecule has 2 bridgehead atoms. The number of methoxy groups -OCH3 is 3. The third kappa shape index (κ3) is 11.2. The fraction of sp³-hybridized carbons (Fsp3) is 0.773. The lowest BCUT2D eigenvalue weighted by molar-refractivity contribution is -0.302. The highest BCUT2D eigenvalue weighted by molar-refractivity contribution is 6.39. The van der Waals surface area contributed by atoms with Crippen molar-refractivity contribution in [1.82, 2.24) is 4.90 Å². The SMILES string of the molecule is C=CC[C@@H]1/C=C(\C)C[C@H](C)C[C@H](OC)[C@H]2O[C@@](O)(C(=O)C(=O)N3CCCC[C@H]3C(=O)O[C@H](/C(C)=C/[C@@H]3CCC[C@H](OC)C3)[C@H](C)CCC1=O)[C@H](C)C[C@@H]2OC. The molecule has 3 aliphatic heterocycles. The topological polar surface area (TPSA) is 138 Å². The zero-order valence-corrected chi connectivity index (χ0v) is 34.8. The second-order valence-electron chi connectivity index (χ2n) is 17.0. The Morgan fingerprint density at radius 2 is 1.67 bits per heavy atom. The summed E-state index contributed by atoms with van der Waals surface area (Å²) < 4.78 is 30.1. The Kier molecular flexibility index (Phi) is 16.9. The van der Waals surface area contributed by atoms with Gasteiger partial charge < -0.3 is 33.7 Å². The number of amides is 1. The number of cyclic esters (lactones) is 1. The first-order chi connectivity index (χ1) is 26.2. The van der Waals surface area contributed by atoms with Crippen LogP contribution in [0.1, 0.15) is 118 Å². The monoisotopic (exact) mass is 771 g/mol. The van der Waals surface area contributed by atoms with Crippen LogP contribution in [0.2, 0.25) is 0 Å². The van der Waals surface area contributed by atoms with E-state index >= 15 is 0 Å². The number of Topliss-reactive ketones (excluding diaryl/α,β-unsaturated/α-hetero) is 2. The Balaban J connectivity index is 1.75. The first-order valence-electron chi connectivity index (χ1n) is 20.7. The molecule has 3 fully saturated rings. The molecule has 3 heterocycles. The molecule has 12 atom stereocenters. The van der Waals surface area contributed by atoms with Gasteiger partial charge >= 0.3 is 5.97 Å². The molecule has 0 aromatic carbocycles. The number of allylic oxidation sites excluding steroid dienone is 4. The first-order valence-corrected chi connectivity index (χ1v) is 20.7. The molecule has 4 aliphatic rings. The quantitative estimate of drug-likeness (QED) is 0.169. The van der Waals surface area contributed by atoms with E-state index in [4.69, 9.17) is 23.7 Å². The van der Waals surface area contributed by atoms with Gasteiger partial charge in [-0.15, -0.1) is 6.58 Å². The number of esters is 1. The first kappa shape index (κ1) is 45.0. The van der Waals surface area contributed by atoms with Crippen molar-refractivity contribution in [1.29, 1.82) is 0 Å². The van der Waals surface area contributed by atoms with E-state index in [9.17, 15) is 24.3 Å². The second kappa shape index (κ2) is 20.6. The Labute approximate surface area is 329 Å². The van der Waals surface area contributed by atoms with Crippen LogP contribution in [0.3, 0.4) is 0 Å². The molecule has 0 unspecified atom stereocenters. The van der Waals surface area contributed by atoms with E-state index in [1.807, 2.05) is 26.8 Å². The average molecular weight is 772 g/mol. The minimum atomic E-state index is -2.45. The van der Waals surface area contributed by atoms with Crippen molar-refractivity contribution in [2.45, 2.75) is 160 Å². The molecule has 4 rings (SSSR count). The molecule has 0 aromatic rings. The van der Waals surface area contributed by atoms with Crippen LogP contribution in [0.25, 0.3) is 0 Å². The van der Waals surface area contributed by atoms with Gasteiger partial charge in [-0.05, 0) is 108 Å². The van der Waals surface area contributed by atoms with Crippen LogP contribution in [-0.4, -0.2) is 104 Å². The molecule has 0 spiro atoms. The number of nitrogens with zero attached hydrogens (tertiary/aromatic N) is 1. The summed E-state index contributed by atoms with van der Waals surface area (Å²) in [5, 5.41) is 12.0. The van der Waals surface area contributed by atoms with Crippen LogP contribution in [0.4, 0.5) is 0 Å². The minimum absolute atomic E-state index is 0.0804. The predicted octanol–water partition coefficient (Wildman–Crippen LogP) is 6.70. The van der Waals surface area contributed by atoms with Crippen LogP contribution in [0, 0.1) is 29.6 Å². The smallest absolute Gasteiger partial charge is 0.329 e. The highest BCUT2D eigenvalue weighted by Crippen LogP contribution is 2.39. The van der Waals surface area contributed by atoms with Crippen molar-refractivity contribution < 1.29 is 48.0 Å². The van der Waals surface area contributed by atoms with Crippen LogP contribution < -0.4 is 0 Å². The number of rotatable bonds is 7. The number of hydrogen-bond donors (Lipinski definition) is 1. The number of fused-ring (bicyclic) bond motifs is 3. The fourth-order valence-corrected chi connectivity index (χ4v) is 9.43. The Morgan fingerprint density at radius 3 is 2.35 bits per heavy atom. The molecule has 55 heavy (non-hydrogen) atoms. The summed E-state index contributed by atoms with van der Waals surface area (Å²) in [7, 11) is 4.85. The molecular formula is C44H69NO10. The lowest BCUT2D eigenvalue weighted by Crippen LogP contribution is -2.64. The molecule has 1 amide bonds. The molecule has 0 radical (unpaired) electrons. The van der Waals surface area contributed by atoms with Gasteiger partial charge in [-0.2, -0.15) is 0 Å². The molecule has 310 valence electrons. The summed E-state index contributed by atoms with van der Waals surface area (Å²) in [5.74, 6) is -6.01. The molecule has 1 N–H and O–H groups in total. The largest absolute Gasteiger partial charge is 0.456 e. The van der Waals surface area contributed by atoms with E-state index in [2.05, 4.69) is 19.6 Å². The van der Waals surface area contributed by atoms with E-state index in [1.54, 1.807) is 34.3 Å². The van der Waals surface area contributed by atoms with Crippen molar-refractivity contribution >= 4 is 23.4 Å². The molecule has 11 nitrogen and oxygen atoms in total. The van der Waals surface area contributed by atoms with Gasteiger partial charge in [-0.1, -0.05) is 51.0 Å². The number of hydrogen-bond acceptors (Lipinski definition) is 10. The maximum Gasteiger partial charge on any atom is 0.329 e. The van der Waals surface area contributed by atoms with Crippen LogP contribution in [0.5, 0.6) is 0 Å². The van der Waals surface area contributed by atoms with Crippen molar-refractivity contribution in [3.05, 3.63) is 36.0 Å². The number of carbonyl (C=O) groups is 4. The summed E-state index contributed by atoms with van der Waals surface area (Å²) in [4.78, 5) is 57.8. The van der Waals surface area contributed by atoms with Gasteiger partial charge in [-0.3, -0.25) is 14.4 Å². The van der Waals surface area contributed by atoms with Crippen LogP contribution in [-0.2, 0) is 42.9 Å². The normalized spacial score (nSPS) is 39.3. The van der Waals surface area contributed by atoms with E-state index < -0.39 is 59.8 Å². The number of carbonyl (C=O) groups excluding carboxylic acids is 4. The van der Waals surface area contributed by atoms with Crippen molar-refractivity contribution in [2.75, 3.05) is 27.9 Å². The maximum absolute atomic E-state index is 14.3. The fourth-order valence-electron chi connectivity index (χ4n) is 9.43. The summed E-state index contributed by atoms with van der Waals surface area (Å²) in [6.07, 6.45) is 11.9. The summed E-state index contributed by atoms with van der Waals surface area (Å²) in [5.41, 5.74) is 1.96. The van der Waals surface area contributed by atoms with Gasteiger partial charge in [-0.25, -0.2) is 4.79 Å². The van der Waals surface area contributed by atoms with E-state index in [1.165, 1.54) is 4.90 Å². The molecule has 0 aromatic heterocycles. The maximum atomic E-state index is 14.3. The molecular weight excluding hydrogens is 702 g/mol. The van der Waals surface area contributed by atoms with Crippen molar-refractivity contribution in [3.63, 3.8) is 0 Å². The van der Waals surface area contributed by atoms with E-state index in [-0.39, 0.29) is 48.5 Å². The number of ketones is 2. The minimum Gasteiger partial charge on any atom is -0.456 e. The summed E-state index contributed by atoms with van der Waals surface area (Å²) in [6, 6.07) is -1.02. The van der Waals surface area contributed by atoms with Gasteiger partial charge in [0.15, 0.2) is 0 Å². The van der Waals surface area contributed by atoms with Crippen molar-refractivity contribution in [2.24, 2.45) is 29.6 Å². The highest BCUT2D eigenvalue weighted by atomic mass is 16.7. The summed E-state index contributed by atoms with van der Waals surface area (Å²) >= 11 is 0. The predicted molar refractivity (Wildman–Crippen MR) is 210 cm³/mol. The van der Waals surface area contributed by atoms with Gasteiger partial charge in [0.1, 0.15) is 24.0 Å². The number of aliphatic hydroxyl groups is 1. The number of piperidine rings is 1. The van der Waals surface area contributed by atoms with Gasteiger partial charge in [0, 0.05) is 46.1 Å². The molecule has 1 aliphatic carbocycles. The van der Waals surface area contributed by atoms with Gasteiger partial charge in [0.05, 0.1) is 18.3 Å². The zero-order chi connectivity index (χ0) is 40.4. The lowest BCUT2D eigenvalue weighted by Gasteiger charge is -2.47. The summed E-state index contributed by atoms with van der Waals surface area (Å²) in [6.45, 7) is 13.9. The third-order valence-electron chi connectivity index (χ3n) is 12.6. The second-order valence-corrected chi connectivity index (χ2v) is 17.0.